The Morgan fingerprint density at radius 1 is 1.28 bits per heavy atom. The molecule has 2 N–H and O–H groups in total. The Morgan fingerprint density at radius 3 is 2.67 bits per heavy atom. The average Bonchev–Trinajstić information content (AvgIpc) is 2.79. The van der Waals surface area contributed by atoms with Crippen molar-refractivity contribution >= 4 is 11.3 Å². The van der Waals surface area contributed by atoms with Crippen LogP contribution >= 0.6 is 11.3 Å². The minimum atomic E-state index is 0.0698. The summed E-state index contributed by atoms with van der Waals surface area (Å²) in [5.74, 6) is 0. The highest BCUT2D eigenvalue weighted by atomic mass is 32.1. The number of hydrogen-bond donors (Lipinski definition) is 1. The number of aromatic nitrogens is 1. The zero-order valence-corrected chi connectivity index (χ0v) is 12.1. The first-order valence-corrected chi connectivity index (χ1v) is 7.14. The molecule has 2 aromatic rings. The molecule has 3 heteroatoms. The Morgan fingerprint density at radius 2 is 2.00 bits per heavy atom. The molecule has 2 nitrogen and oxygen atoms in total. The summed E-state index contributed by atoms with van der Waals surface area (Å²) in [5, 5.41) is 3.32. The van der Waals surface area contributed by atoms with E-state index >= 15 is 0 Å². The predicted octanol–water partition coefficient (Wildman–Crippen LogP) is 3.74. The monoisotopic (exact) mass is 260 g/mol. The normalized spacial score (nSPS) is 11.8. The number of nitrogens with two attached hydrogens (primary N) is 1. The van der Waals surface area contributed by atoms with E-state index in [1.165, 1.54) is 16.1 Å². The van der Waals surface area contributed by atoms with Gasteiger partial charge in [-0.15, -0.1) is 11.3 Å². The van der Waals surface area contributed by atoms with E-state index in [2.05, 4.69) is 50.4 Å². The van der Waals surface area contributed by atoms with Gasteiger partial charge in [-0.2, -0.15) is 0 Å². The van der Waals surface area contributed by atoms with Crippen LogP contribution in [-0.4, -0.2) is 11.5 Å². The summed E-state index contributed by atoms with van der Waals surface area (Å²) < 4.78 is 0. The van der Waals surface area contributed by atoms with Crippen LogP contribution in [0.15, 0.2) is 29.6 Å². The maximum atomic E-state index is 5.67. The molecule has 0 unspecified atom stereocenters. The Balaban J connectivity index is 2.34. The van der Waals surface area contributed by atoms with Crippen LogP contribution in [0.25, 0.3) is 11.3 Å². The molecule has 0 fully saturated rings. The molecular weight excluding hydrogens is 240 g/mol. The van der Waals surface area contributed by atoms with Crippen molar-refractivity contribution in [1.29, 1.82) is 0 Å². The van der Waals surface area contributed by atoms with E-state index in [1.807, 2.05) is 0 Å². The van der Waals surface area contributed by atoms with Crippen LogP contribution in [0.2, 0.25) is 0 Å². The van der Waals surface area contributed by atoms with Gasteiger partial charge in [0.15, 0.2) is 0 Å². The lowest BCUT2D eigenvalue weighted by atomic mass is 9.90. The second-order valence-corrected chi connectivity index (χ2v) is 6.13. The van der Waals surface area contributed by atoms with Crippen LogP contribution in [0.1, 0.15) is 30.8 Å². The Labute approximate surface area is 113 Å². The van der Waals surface area contributed by atoms with E-state index in [4.69, 9.17) is 10.7 Å². The van der Waals surface area contributed by atoms with Crippen LogP contribution in [0.5, 0.6) is 0 Å². The number of rotatable bonds is 4. The molecule has 0 radical (unpaired) electrons. The van der Waals surface area contributed by atoms with Gasteiger partial charge in [0.2, 0.25) is 0 Å². The highest BCUT2D eigenvalue weighted by molar-refractivity contribution is 7.10. The number of hydrogen-bond acceptors (Lipinski definition) is 3. The van der Waals surface area contributed by atoms with Crippen LogP contribution in [0, 0.1) is 6.92 Å². The van der Waals surface area contributed by atoms with E-state index < -0.39 is 0 Å². The third kappa shape index (κ3) is 2.62. The molecule has 0 atom stereocenters. The summed E-state index contributed by atoms with van der Waals surface area (Å²) >= 11 is 1.73. The molecule has 1 heterocycles. The lowest BCUT2D eigenvalue weighted by molar-refractivity contribution is 0.485. The lowest BCUT2D eigenvalue weighted by Gasteiger charge is -2.20. The number of nitrogens with zero attached hydrogens (tertiary/aromatic N) is 1. The summed E-state index contributed by atoms with van der Waals surface area (Å²) in [5.41, 5.74) is 9.32. The van der Waals surface area contributed by atoms with Gasteiger partial charge in [-0.25, -0.2) is 4.98 Å². The minimum absolute atomic E-state index is 0.0698. The van der Waals surface area contributed by atoms with E-state index in [-0.39, 0.29) is 5.41 Å². The van der Waals surface area contributed by atoms with Gasteiger partial charge in [-0.1, -0.05) is 38.1 Å². The smallest absolute Gasteiger partial charge is 0.0989 e. The molecule has 96 valence electrons. The largest absolute Gasteiger partial charge is 0.330 e. The zero-order chi connectivity index (χ0) is 13.2. The third-order valence-electron chi connectivity index (χ3n) is 3.27. The van der Waals surface area contributed by atoms with Crippen molar-refractivity contribution in [1.82, 2.24) is 4.98 Å². The first-order valence-electron chi connectivity index (χ1n) is 6.26. The SMILES string of the molecule is Cc1ccccc1-c1csc(C(C)(C)CCN)n1. The number of benzene rings is 1. The molecule has 0 aliphatic heterocycles. The Hall–Kier alpha value is -1.19. The quantitative estimate of drug-likeness (QED) is 0.909. The molecule has 2 rings (SSSR count). The van der Waals surface area contributed by atoms with Crippen LogP contribution in [0.4, 0.5) is 0 Å². The van der Waals surface area contributed by atoms with E-state index in [9.17, 15) is 0 Å². The topological polar surface area (TPSA) is 38.9 Å². The van der Waals surface area contributed by atoms with Gasteiger partial charge in [0, 0.05) is 16.4 Å². The summed E-state index contributed by atoms with van der Waals surface area (Å²) in [6.07, 6.45) is 0.966. The van der Waals surface area contributed by atoms with Gasteiger partial charge < -0.3 is 5.73 Å². The van der Waals surface area contributed by atoms with Crippen LogP contribution in [0.3, 0.4) is 0 Å². The van der Waals surface area contributed by atoms with Crippen molar-refractivity contribution in [3.8, 4) is 11.3 Å². The van der Waals surface area contributed by atoms with Crippen molar-refractivity contribution in [2.24, 2.45) is 5.73 Å². The molecule has 0 saturated heterocycles. The van der Waals surface area contributed by atoms with Crippen molar-refractivity contribution in [3.05, 3.63) is 40.2 Å². The second kappa shape index (κ2) is 5.21. The Kier molecular flexibility index (Phi) is 3.83. The maximum absolute atomic E-state index is 5.67. The van der Waals surface area contributed by atoms with Gasteiger partial charge >= 0.3 is 0 Å². The molecular formula is C15H20N2S. The van der Waals surface area contributed by atoms with E-state index in [0.717, 1.165) is 12.1 Å². The van der Waals surface area contributed by atoms with Gasteiger partial charge in [-0.05, 0) is 25.5 Å². The maximum Gasteiger partial charge on any atom is 0.0989 e. The molecule has 18 heavy (non-hydrogen) atoms. The molecule has 0 amide bonds. The highest BCUT2D eigenvalue weighted by Gasteiger charge is 2.23. The van der Waals surface area contributed by atoms with Crippen LogP contribution < -0.4 is 5.73 Å². The summed E-state index contributed by atoms with van der Waals surface area (Å²) in [6.45, 7) is 7.24. The summed E-state index contributed by atoms with van der Waals surface area (Å²) in [6, 6.07) is 8.38. The fourth-order valence-electron chi connectivity index (χ4n) is 2.04. The summed E-state index contributed by atoms with van der Waals surface area (Å²) in [4.78, 5) is 4.79. The number of aryl methyl sites for hydroxylation is 1. The fourth-order valence-corrected chi connectivity index (χ4v) is 3.01. The van der Waals surface area contributed by atoms with E-state index in [1.54, 1.807) is 11.3 Å². The summed E-state index contributed by atoms with van der Waals surface area (Å²) in [7, 11) is 0. The standard InChI is InChI=1S/C15H20N2S/c1-11-6-4-5-7-12(11)13-10-18-14(17-13)15(2,3)8-9-16/h4-7,10H,8-9,16H2,1-3H3. The van der Waals surface area contributed by atoms with Gasteiger partial charge in [0.25, 0.3) is 0 Å². The first-order chi connectivity index (χ1) is 8.54. The zero-order valence-electron chi connectivity index (χ0n) is 11.2. The van der Waals surface area contributed by atoms with Crippen molar-refractivity contribution in [3.63, 3.8) is 0 Å². The first kappa shape index (κ1) is 13.2. The van der Waals surface area contributed by atoms with Crippen molar-refractivity contribution < 1.29 is 0 Å². The molecule has 0 aliphatic rings. The van der Waals surface area contributed by atoms with E-state index in [0.29, 0.717) is 6.54 Å². The van der Waals surface area contributed by atoms with Crippen molar-refractivity contribution in [2.45, 2.75) is 32.6 Å². The molecule has 1 aromatic heterocycles. The average molecular weight is 260 g/mol. The van der Waals surface area contributed by atoms with Gasteiger partial charge in [0.1, 0.15) is 0 Å². The van der Waals surface area contributed by atoms with Gasteiger partial charge in [0.05, 0.1) is 10.7 Å². The molecule has 0 aliphatic carbocycles. The van der Waals surface area contributed by atoms with Crippen LogP contribution in [-0.2, 0) is 5.41 Å². The highest BCUT2D eigenvalue weighted by Crippen LogP contribution is 2.33. The second-order valence-electron chi connectivity index (χ2n) is 5.28. The Bertz CT molecular complexity index is 529. The number of thiazole rings is 1. The lowest BCUT2D eigenvalue weighted by Crippen LogP contribution is -2.21. The fraction of sp³-hybridized carbons (Fsp3) is 0.400. The van der Waals surface area contributed by atoms with Gasteiger partial charge in [-0.3, -0.25) is 0 Å². The molecule has 0 spiro atoms. The molecule has 0 saturated carbocycles. The minimum Gasteiger partial charge on any atom is -0.330 e. The third-order valence-corrected chi connectivity index (χ3v) is 4.48. The molecule has 1 aromatic carbocycles. The van der Waals surface area contributed by atoms with Crippen molar-refractivity contribution in [2.75, 3.05) is 6.54 Å². The predicted molar refractivity (Wildman–Crippen MR) is 79.0 cm³/mol. The molecule has 0 bridgehead atoms.